The van der Waals surface area contributed by atoms with Gasteiger partial charge >= 0.3 is 5.97 Å². The van der Waals surface area contributed by atoms with E-state index < -0.39 is 15.8 Å². The minimum Gasteiger partial charge on any atom is -0.465 e. The minimum atomic E-state index is -2.93. The molecule has 1 atom stereocenters. The summed E-state index contributed by atoms with van der Waals surface area (Å²) in [6, 6.07) is 1.62. The van der Waals surface area contributed by atoms with Crippen LogP contribution in [0.3, 0.4) is 0 Å². The smallest absolute Gasteiger partial charge is 0.341 e. The van der Waals surface area contributed by atoms with Gasteiger partial charge in [0.1, 0.15) is 17.1 Å². The number of sulfone groups is 1. The molecule has 112 valence electrons. The maximum Gasteiger partial charge on any atom is 0.341 e. The molecule has 20 heavy (non-hydrogen) atoms. The van der Waals surface area contributed by atoms with Gasteiger partial charge in [0.2, 0.25) is 0 Å². The van der Waals surface area contributed by atoms with E-state index in [4.69, 9.17) is 4.42 Å². The molecule has 0 saturated carbocycles. The topological polar surface area (TPSA) is 85.6 Å². The van der Waals surface area contributed by atoms with E-state index in [1.54, 1.807) is 13.0 Å². The molecule has 1 unspecified atom stereocenters. The first-order chi connectivity index (χ1) is 9.44. The monoisotopic (exact) mass is 301 g/mol. The minimum absolute atomic E-state index is 0.283. The third-order valence-corrected chi connectivity index (χ3v) is 5.78. The average Bonchev–Trinajstić information content (AvgIpc) is 2.92. The summed E-state index contributed by atoms with van der Waals surface area (Å²) in [5.41, 5.74) is 0.401. The number of nitrogens with one attached hydrogen (secondary N) is 1. The number of furan rings is 1. The van der Waals surface area contributed by atoms with Crippen LogP contribution in [0.25, 0.3) is 0 Å². The van der Waals surface area contributed by atoms with Crippen LogP contribution in [-0.4, -0.2) is 39.0 Å². The van der Waals surface area contributed by atoms with Crippen LogP contribution >= 0.6 is 0 Å². The molecule has 1 N–H and O–H groups in total. The Hall–Kier alpha value is -1.34. The number of ether oxygens (including phenoxy) is 1. The molecule has 1 aromatic heterocycles. The summed E-state index contributed by atoms with van der Waals surface area (Å²) >= 11 is 0. The Bertz CT molecular complexity index is 590. The highest BCUT2D eigenvalue weighted by Gasteiger charge is 2.30. The Morgan fingerprint density at radius 2 is 2.30 bits per heavy atom. The molecule has 0 aromatic carbocycles. The molecule has 0 amide bonds. The Balaban J connectivity index is 1.90. The molecule has 7 heteroatoms. The SMILES string of the molecule is COC(=O)c1cc(CNCC2CCCS2(=O)=O)oc1C. The van der Waals surface area contributed by atoms with Crippen molar-refractivity contribution in [3.63, 3.8) is 0 Å². The summed E-state index contributed by atoms with van der Waals surface area (Å²) in [6.45, 7) is 2.50. The number of esters is 1. The molecular weight excluding hydrogens is 282 g/mol. The molecule has 2 heterocycles. The number of hydrogen-bond acceptors (Lipinski definition) is 6. The van der Waals surface area contributed by atoms with Crippen molar-refractivity contribution in [1.82, 2.24) is 5.32 Å². The largest absolute Gasteiger partial charge is 0.465 e. The second-order valence-corrected chi connectivity index (χ2v) is 7.34. The molecule has 1 aliphatic heterocycles. The van der Waals surface area contributed by atoms with Gasteiger partial charge < -0.3 is 14.5 Å². The maximum atomic E-state index is 11.7. The van der Waals surface area contributed by atoms with E-state index in [1.165, 1.54) is 7.11 Å². The summed E-state index contributed by atoms with van der Waals surface area (Å²) in [6.07, 6.45) is 1.45. The van der Waals surface area contributed by atoms with Crippen LogP contribution in [0.5, 0.6) is 0 Å². The van der Waals surface area contributed by atoms with Gasteiger partial charge in [-0.15, -0.1) is 0 Å². The predicted molar refractivity (Wildman–Crippen MR) is 73.3 cm³/mol. The summed E-state index contributed by atoms with van der Waals surface area (Å²) in [4.78, 5) is 11.4. The van der Waals surface area contributed by atoms with Crippen molar-refractivity contribution in [3.05, 3.63) is 23.2 Å². The van der Waals surface area contributed by atoms with Crippen molar-refractivity contribution in [1.29, 1.82) is 0 Å². The van der Waals surface area contributed by atoms with Crippen LogP contribution in [0, 0.1) is 6.92 Å². The molecule has 2 rings (SSSR count). The van der Waals surface area contributed by atoms with Crippen molar-refractivity contribution in [2.75, 3.05) is 19.4 Å². The third-order valence-electron chi connectivity index (χ3n) is 3.51. The number of rotatable bonds is 5. The average molecular weight is 301 g/mol. The summed E-state index contributed by atoms with van der Waals surface area (Å²) in [5, 5.41) is 2.76. The van der Waals surface area contributed by atoms with Gasteiger partial charge in [0.05, 0.1) is 24.7 Å². The zero-order valence-corrected chi connectivity index (χ0v) is 12.5. The first-order valence-corrected chi connectivity index (χ1v) is 8.25. The van der Waals surface area contributed by atoms with E-state index in [9.17, 15) is 13.2 Å². The zero-order valence-electron chi connectivity index (χ0n) is 11.6. The van der Waals surface area contributed by atoms with Crippen molar-refractivity contribution in [2.24, 2.45) is 0 Å². The van der Waals surface area contributed by atoms with Crippen LogP contribution in [0.2, 0.25) is 0 Å². The fourth-order valence-corrected chi connectivity index (χ4v) is 4.19. The fraction of sp³-hybridized carbons (Fsp3) is 0.615. The van der Waals surface area contributed by atoms with Crippen LogP contribution < -0.4 is 5.32 Å². The van der Waals surface area contributed by atoms with E-state index in [0.717, 1.165) is 6.42 Å². The highest BCUT2D eigenvalue weighted by molar-refractivity contribution is 7.92. The summed E-state index contributed by atoms with van der Waals surface area (Å²) in [5.74, 6) is 0.947. The van der Waals surface area contributed by atoms with Gasteiger partial charge in [-0.05, 0) is 25.8 Å². The van der Waals surface area contributed by atoms with Gasteiger partial charge in [-0.1, -0.05) is 0 Å². The quantitative estimate of drug-likeness (QED) is 0.818. The van der Waals surface area contributed by atoms with Gasteiger partial charge in [-0.2, -0.15) is 0 Å². The van der Waals surface area contributed by atoms with Crippen molar-refractivity contribution in [3.8, 4) is 0 Å². The second-order valence-electron chi connectivity index (χ2n) is 4.94. The zero-order chi connectivity index (χ0) is 14.8. The van der Waals surface area contributed by atoms with Gasteiger partial charge in [-0.25, -0.2) is 13.2 Å². The Labute approximate surface area is 118 Å². The van der Waals surface area contributed by atoms with E-state index in [1.807, 2.05) is 0 Å². The van der Waals surface area contributed by atoms with E-state index >= 15 is 0 Å². The van der Waals surface area contributed by atoms with E-state index in [-0.39, 0.29) is 11.0 Å². The number of carbonyl (C=O) groups excluding carboxylic acids is 1. The van der Waals surface area contributed by atoms with Gasteiger partial charge in [0.15, 0.2) is 9.84 Å². The summed E-state index contributed by atoms with van der Waals surface area (Å²) < 4.78 is 33.4. The molecule has 0 radical (unpaired) electrons. The lowest BCUT2D eigenvalue weighted by molar-refractivity contribution is 0.0599. The molecule has 1 aliphatic rings. The fourth-order valence-electron chi connectivity index (χ4n) is 2.39. The van der Waals surface area contributed by atoms with Crippen molar-refractivity contribution >= 4 is 15.8 Å². The molecule has 6 nitrogen and oxygen atoms in total. The number of methoxy groups -OCH3 is 1. The third kappa shape index (κ3) is 3.21. The van der Waals surface area contributed by atoms with Crippen molar-refractivity contribution in [2.45, 2.75) is 31.6 Å². The van der Waals surface area contributed by atoms with Crippen LogP contribution in [0.15, 0.2) is 10.5 Å². The lowest BCUT2D eigenvalue weighted by Crippen LogP contribution is -2.30. The Morgan fingerprint density at radius 1 is 1.55 bits per heavy atom. The molecular formula is C13H19NO5S. The lowest BCUT2D eigenvalue weighted by atomic mass is 10.2. The summed E-state index contributed by atoms with van der Waals surface area (Å²) in [7, 11) is -1.61. The molecule has 0 aliphatic carbocycles. The first-order valence-electron chi connectivity index (χ1n) is 6.54. The highest BCUT2D eigenvalue weighted by Crippen LogP contribution is 2.20. The maximum absolute atomic E-state index is 11.7. The van der Waals surface area contributed by atoms with Gasteiger partial charge in [0.25, 0.3) is 0 Å². The number of aryl methyl sites for hydroxylation is 1. The second kappa shape index (κ2) is 5.97. The normalized spacial score (nSPS) is 21.0. The van der Waals surface area contributed by atoms with E-state index in [0.29, 0.717) is 36.6 Å². The molecule has 1 aromatic rings. The van der Waals surface area contributed by atoms with Crippen LogP contribution in [0.4, 0.5) is 0 Å². The lowest BCUT2D eigenvalue weighted by Gasteiger charge is -2.09. The van der Waals surface area contributed by atoms with Gasteiger partial charge in [-0.3, -0.25) is 0 Å². The molecule has 0 bridgehead atoms. The highest BCUT2D eigenvalue weighted by atomic mass is 32.2. The van der Waals surface area contributed by atoms with Crippen LogP contribution in [-0.2, 0) is 21.1 Å². The standard InChI is InChI=1S/C13H19NO5S/c1-9-12(13(15)18-2)6-10(19-9)7-14-8-11-4-3-5-20(11,16)17/h6,11,14H,3-5,7-8H2,1-2H3. The van der Waals surface area contributed by atoms with Crippen molar-refractivity contribution < 1.29 is 22.4 Å². The molecule has 1 saturated heterocycles. The number of hydrogen-bond donors (Lipinski definition) is 1. The molecule has 0 spiro atoms. The Kier molecular flexibility index (Phi) is 4.49. The first kappa shape index (κ1) is 15.1. The molecule has 1 fully saturated rings. The van der Waals surface area contributed by atoms with E-state index in [2.05, 4.69) is 10.1 Å². The predicted octanol–water partition coefficient (Wildman–Crippen LogP) is 1.04. The van der Waals surface area contributed by atoms with Gasteiger partial charge in [0, 0.05) is 6.54 Å². The Morgan fingerprint density at radius 3 is 2.90 bits per heavy atom. The van der Waals surface area contributed by atoms with Crippen LogP contribution in [0.1, 0.15) is 34.7 Å². The number of carbonyl (C=O) groups is 1.